The summed E-state index contributed by atoms with van der Waals surface area (Å²) in [6, 6.07) is 4.54. The van der Waals surface area contributed by atoms with Gasteiger partial charge in [-0.1, -0.05) is 6.92 Å². The van der Waals surface area contributed by atoms with Crippen molar-refractivity contribution in [3.8, 4) is 0 Å². The summed E-state index contributed by atoms with van der Waals surface area (Å²) in [4.78, 5) is 34.0. The van der Waals surface area contributed by atoms with Crippen LogP contribution in [-0.4, -0.2) is 40.4 Å². The van der Waals surface area contributed by atoms with Crippen LogP contribution in [0.5, 0.6) is 0 Å². The molecule has 0 heterocycles. The predicted octanol–water partition coefficient (Wildman–Crippen LogP) is 1.87. The van der Waals surface area contributed by atoms with E-state index in [9.17, 15) is 18.8 Å². The third kappa shape index (κ3) is 7.64. The molecule has 1 aromatic carbocycles. The van der Waals surface area contributed by atoms with Crippen LogP contribution >= 0.6 is 11.8 Å². The second kappa shape index (κ2) is 9.83. The first kappa shape index (κ1) is 19.0. The zero-order chi connectivity index (χ0) is 17.2. The lowest BCUT2D eigenvalue weighted by atomic mass is 10.2. The van der Waals surface area contributed by atoms with Gasteiger partial charge in [-0.05, 0) is 30.7 Å². The summed E-state index contributed by atoms with van der Waals surface area (Å²) >= 11 is 1.26. The molecule has 23 heavy (non-hydrogen) atoms. The molecule has 0 aliphatic carbocycles. The monoisotopic (exact) mass is 342 g/mol. The Hall–Kier alpha value is -2.09. The lowest BCUT2D eigenvalue weighted by Crippen LogP contribution is -2.40. The zero-order valence-corrected chi connectivity index (χ0v) is 13.5. The number of hydrogen-bond donors (Lipinski definition) is 3. The number of nitrogens with one attached hydrogen (secondary N) is 2. The van der Waals surface area contributed by atoms with Crippen LogP contribution in [0.4, 0.5) is 10.1 Å². The van der Waals surface area contributed by atoms with Crippen molar-refractivity contribution in [2.24, 2.45) is 0 Å². The fourth-order valence-electron chi connectivity index (χ4n) is 1.66. The molecule has 0 fully saturated rings. The highest BCUT2D eigenvalue weighted by Gasteiger charge is 2.17. The van der Waals surface area contributed by atoms with Crippen LogP contribution in [0, 0.1) is 5.82 Å². The van der Waals surface area contributed by atoms with Crippen molar-refractivity contribution >= 4 is 35.2 Å². The highest BCUT2D eigenvalue weighted by molar-refractivity contribution is 7.99. The van der Waals surface area contributed by atoms with Crippen LogP contribution in [0.1, 0.15) is 19.8 Å². The van der Waals surface area contributed by atoms with Crippen molar-refractivity contribution in [1.29, 1.82) is 0 Å². The largest absolute Gasteiger partial charge is 0.480 e. The number of carbonyl (C=O) groups excluding carboxylic acids is 2. The maximum atomic E-state index is 12.7. The third-order valence-corrected chi connectivity index (χ3v) is 3.84. The van der Waals surface area contributed by atoms with Crippen LogP contribution < -0.4 is 10.6 Å². The number of carboxylic acid groups (broad SMARTS) is 1. The molecule has 0 aliphatic heterocycles. The SMILES string of the molecule is CCC(NC(=O)CCSCC(=O)Nc1ccc(F)cc1)C(=O)O. The summed E-state index contributed by atoms with van der Waals surface area (Å²) in [6.07, 6.45) is 0.451. The molecule has 0 radical (unpaired) electrons. The second-order valence-electron chi connectivity index (χ2n) is 4.72. The minimum atomic E-state index is -1.06. The second-order valence-corrected chi connectivity index (χ2v) is 5.83. The van der Waals surface area contributed by atoms with Crippen molar-refractivity contribution in [2.45, 2.75) is 25.8 Å². The van der Waals surface area contributed by atoms with E-state index >= 15 is 0 Å². The van der Waals surface area contributed by atoms with E-state index in [0.29, 0.717) is 17.9 Å². The van der Waals surface area contributed by atoms with Gasteiger partial charge in [0, 0.05) is 17.9 Å². The fourth-order valence-corrected chi connectivity index (χ4v) is 2.40. The first-order chi connectivity index (χ1) is 10.9. The number of carboxylic acids is 1. The van der Waals surface area contributed by atoms with E-state index in [1.54, 1.807) is 6.92 Å². The maximum Gasteiger partial charge on any atom is 0.326 e. The Morgan fingerprint density at radius 3 is 2.43 bits per heavy atom. The van der Waals surface area contributed by atoms with Crippen LogP contribution in [0.3, 0.4) is 0 Å². The molecular weight excluding hydrogens is 323 g/mol. The molecule has 0 aliphatic rings. The zero-order valence-electron chi connectivity index (χ0n) is 12.7. The molecule has 0 spiro atoms. The van der Waals surface area contributed by atoms with Gasteiger partial charge in [0.2, 0.25) is 11.8 Å². The first-order valence-electron chi connectivity index (χ1n) is 7.07. The normalized spacial score (nSPS) is 11.6. The number of amides is 2. The molecule has 0 aromatic heterocycles. The van der Waals surface area contributed by atoms with Crippen molar-refractivity contribution < 1.29 is 23.9 Å². The molecule has 1 aromatic rings. The van der Waals surface area contributed by atoms with E-state index < -0.39 is 12.0 Å². The number of aliphatic carboxylic acids is 1. The van der Waals surface area contributed by atoms with Gasteiger partial charge in [0.25, 0.3) is 0 Å². The molecule has 0 saturated heterocycles. The van der Waals surface area contributed by atoms with Gasteiger partial charge in [-0.2, -0.15) is 11.8 Å². The summed E-state index contributed by atoms with van der Waals surface area (Å²) in [7, 11) is 0. The van der Waals surface area contributed by atoms with Gasteiger partial charge in [0.15, 0.2) is 0 Å². The summed E-state index contributed by atoms with van der Waals surface area (Å²) in [6.45, 7) is 1.67. The van der Waals surface area contributed by atoms with Gasteiger partial charge in [-0.25, -0.2) is 9.18 Å². The molecule has 6 nitrogen and oxygen atoms in total. The molecule has 2 amide bonds. The molecule has 8 heteroatoms. The fraction of sp³-hybridized carbons (Fsp3) is 0.400. The number of halogens is 1. The standard InChI is InChI=1S/C15H19FN2O4S/c1-2-12(15(21)22)18-13(19)7-8-23-9-14(20)17-11-5-3-10(16)4-6-11/h3-6,12H,2,7-9H2,1H3,(H,17,20)(H,18,19)(H,21,22). The molecule has 1 unspecified atom stereocenters. The van der Waals surface area contributed by atoms with Gasteiger partial charge in [0.1, 0.15) is 11.9 Å². The van der Waals surface area contributed by atoms with E-state index in [0.717, 1.165) is 0 Å². The Morgan fingerprint density at radius 2 is 1.87 bits per heavy atom. The molecule has 0 saturated carbocycles. The lowest BCUT2D eigenvalue weighted by molar-refractivity contribution is -0.141. The van der Waals surface area contributed by atoms with E-state index in [1.165, 1.54) is 36.0 Å². The Balaban J connectivity index is 2.21. The Labute approximate surface area is 137 Å². The van der Waals surface area contributed by atoms with Crippen LogP contribution in [0.2, 0.25) is 0 Å². The Bertz CT molecular complexity index is 551. The van der Waals surface area contributed by atoms with E-state index in [2.05, 4.69) is 10.6 Å². The summed E-state index contributed by atoms with van der Waals surface area (Å²) in [5.41, 5.74) is 0.502. The van der Waals surface area contributed by atoms with Gasteiger partial charge in [0.05, 0.1) is 5.75 Å². The van der Waals surface area contributed by atoms with Gasteiger partial charge < -0.3 is 15.7 Å². The number of thioether (sulfide) groups is 1. The Morgan fingerprint density at radius 1 is 1.22 bits per heavy atom. The smallest absolute Gasteiger partial charge is 0.326 e. The summed E-state index contributed by atoms with van der Waals surface area (Å²) in [5.74, 6) is -1.49. The van der Waals surface area contributed by atoms with Crippen molar-refractivity contribution in [2.75, 3.05) is 16.8 Å². The molecular formula is C15H19FN2O4S. The number of carbonyl (C=O) groups is 3. The van der Waals surface area contributed by atoms with Gasteiger partial charge in [-0.3, -0.25) is 9.59 Å². The van der Waals surface area contributed by atoms with Crippen LogP contribution in [0.25, 0.3) is 0 Å². The van der Waals surface area contributed by atoms with Gasteiger partial charge >= 0.3 is 5.97 Å². The van der Waals surface area contributed by atoms with Crippen LogP contribution in [-0.2, 0) is 14.4 Å². The van der Waals surface area contributed by atoms with Crippen molar-refractivity contribution in [3.63, 3.8) is 0 Å². The lowest BCUT2D eigenvalue weighted by Gasteiger charge is -2.11. The number of hydrogen-bond acceptors (Lipinski definition) is 4. The highest BCUT2D eigenvalue weighted by Crippen LogP contribution is 2.10. The molecule has 1 atom stereocenters. The average Bonchev–Trinajstić information content (AvgIpc) is 2.51. The summed E-state index contributed by atoms with van der Waals surface area (Å²) < 4.78 is 12.7. The van der Waals surface area contributed by atoms with Gasteiger partial charge in [-0.15, -0.1) is 0 Å². The van der Waals surface area contributed by atoms with E-state index in [1.807, 2.05) is 0 Å². The number of benzene rings is 1. The molecule has 1 rings (SSSR count). The minimum absolute atomic E-state index is 0.137. The van der Waals surface area contributed by atoms with E-state index in [4.69, 9.17) is 5.11 Å². The van der Waals surface area contributed by atoms with Crippen molar-refractivity contribution in [1.82, 2.24) is 5.32 Å². The molecule has 3 N–H and O–H groups in total. The maximum absolute atomic E-state index is 12.7. The first-order valence-corrected chi connectivity index (χ1v) is 8.23. The highest BCUT2D eigenvalue weighted by atomic mass is 32.2. The van der Waals surface area contributed by atoms with Crippen LogP contribution in [0.15, 0.2) is 24.3 Å². The topological polar surface area (TPSA) is 95.5 Å². The minimum Gasteiger partial charge on any atom is -0.480 e. The Kier molecular flexibility index (Phi) is 8.10. The molecule has 0 bridgehead atoms. The number of rotatable bonds is 9. The average molecular weight is 342 g/mol. The summed E-state index contributed by atoms with van der Waals surface area (Å²) in [5, 5.41) is 13.8. The predicted molar refractivity (Wildman–Crippen MR) is 86.8 cm³/mol. The number of anilines is 1. The van der Waals surface area contributed by atoms with Crippen molar-refractivity contribution in [3.05, 3.63) is 30.1 Å². The van der Waals surface area contributed by atoms with E-state index in [-0.39, 0.29) is 29.8 Å². The quantitative estimate of drug-likeness (QED) is 0.596. The third-order valence-electron chi connectivity index (χ3n) is 2.88. The molecule has 126 valence electrons.